The second kappa shape index (κ2) is 9.65. The van der Waals surface area contributed by atoms with E-state index < -0.39 is 0 Å². The molecule has 2 amide bonds. The Hall–Kier alpha value is -3.00. The number of rotatable bonds is 10. The number of carbonyl (C=O) groups is 2. The maximum Gasteiger partial charge on any atom is 0.255 e. The number of nitrogens with one attached hydrogen (secondary N) is 1. The van der Waals surface area contributed by atoms with Crippen LogP contribution in [0.2, 0.25) is 0 Å². The molecule has 0 saturated heterocycles. The molecule has 2 aromatic heterocycles. The third-order valence-corrected chi connectivity index (χ3v) is 6.10. The molecular formula is C24H30N4O4. The second-order valence-corrected chi connectivity index (χ2v) is 8.63. The van der Waals surface area contributed by atoms with Gasteiger partial charge in [-0.2, -0.15) is 0 Å². The standard InChI is InChI=1S/C24H30N4O4/c1-15-10-20(27-12-22(15)32-14-17-4-5-17)16(2)28-13-19-18(24(28)31)6-8-25-21(19)11-23(30)26-7-3-9-29/h6,8,10,12,16-17,29H,3-5,7,9,11,13-14H2,1-2H3,(H,26,30). The van der Waals surface area contributed by atoms with Gasteiger partial charge in [-0.25, -0.2) is 0 Å². The van der Waals surface area contributed by atoms with Gasteiger partial charge in [-0.05, 0) is 56.7 Å². The van der Waals surface area contributed by atoms with Crippen LogP contribution in [0, 0.1) is 12.8 Å². The van der Waals surface area contributed by atoms with Crippen LogP contribution in [-0.2, 0) is 17.8 Å². The summed E-state index contributed by atoms with van der Waals surface area (Å²) in [5.74, 6) is 1.22. The molecule has 4 rings (SSSR count). The maximum atomic E-state index is 13.1. The number of nitrogens with zero attached hydrogens (tertiary/aromatic N) is 3. The van der Waals surface area contributed by atoms with Crippen molar-refractivity contribution in [3.8, 4) is 5.75 Å². The average Bonchev–Trinajstić information content (AvgIpc) is 3.55. The normalized spacial score (nSPS) is 16.1. The van der Waals surface area contributed by atoms with Gasteiger partial charge in [0.1, 0.15) is 5.75 Å². The number of fused-ring (bicyclic) bond motifs is 1. The van der Waals surface area contributed by atoms with Crippen LogP contribution in [0.4, 0.5) is 0 Å². The summed E-state index contributed by atoms with van der Waals surface area (Å²) in [7, 11) is 0. The summed E-state index contributed by atoms with van der Waals surface area (Å²) in [5, 5.41) is 11.6. The van der Waals surface area contributed by atoms with E-state index in [1.165, 1.54) is 12.8 Å². The van der Waals surface area contributed by atoms with E-state index in [1.807, 2.05) is 19.9 Å². The predicted molar refractivity (Wildman–Crippen MR) is 118 cm³/mol. The van der Waals surface area contributed by atoms with Crippen molar-refractivity contribution in [3.05, 3.63) is 52.6 Å². The molecule has 1 fully saturated rings. The number of aliphatic hydroxyl groups excluding tert-OH is 1. The number of ether oxygens (including phenoxy) is 1. The molecule has 1 aliphatic heterocycles. The van der Waals surface area contributed by atoms with E-state index >= 15 is 0 Å². The van der Waals surface area contributed by atoms with Crippen molar-refractivity contribution >= 4 is 11.8 Å². The van der Waals surface area contributed by atoms with Crippen LogP contribution in [0.25, 0.3) is 0 Å². The monoisotopic (exact) mass is 438 g/mol. The SMILES string of the molecule is Cc1cc(C(C)N2Cc3c(ccnc3CC(=O)NCCCO)C2=O)ncc1OCC1CC1. The summed E-state index contributed by atoms with van der Waals surface area (Å²) in [6, 6.07) is 3.47. The van der Waals surface area contributed by atoms with Gasteiger partial charge < -0.3 is 20.1 Å². The number of aliphatic hydroxyl groups is 1. The van der Waals surface area contributed by atoms with Gasteiger partial charge in [-0.15, -0.1) is 0 Å². The van der Waals surface area contributed by atoms with Gasteiger partial charge in [0.25, 0.3) is 5.91 Å². The number of aryl methyl sites for hydroxylation is 1. The Morgan fingerprint density at radius 3 is 2.91 bits per heavy atom. The van der Waals surface area contributed by atoms with Crippen LogP contribution in [0.5, 0.6) is 5.75 Å². The molecule has 0 spiro atoms. The third kappa shape index (κ3) is 4.91. The van der Waals surface area contributed by atoms with E-state index in [0.29, 0.717) is 36.7 Å². The van der Waals surface area contributed by atoms with Crippen molar-refractivity contribution in [2.75, 3.05) is 19.8 Å². The first-order chi connectivity index (χ1) is 15.5. The maximum absolute atomic E-state index is 13.1. The molecule has 1 atom stereocenters. The molecule has 1 aliphatic carbocycles. The van der Waals surface area contributed by atoms with Gasteiger partial charge in [0, 0.05) is 37.0 Å². The largest absolute Gasteiger partial charge is 0.491 e. The molecular weight excluding hydrogens is 408 g/mol. The summed E-state index contributed by atoms with van der Waals surface area (Å²) in [4.78, 5) is 36.0. The quantitative estimate of drug-likeness (QED) is 0.552. The number of hydrogen-bond donors (Lipinski definition) is 2. The number of amides is 2. The molecule has 1 saturated carbocycles. The van der Waals surface area contributed by atoms with E-state index in [1.54, 1.807) is 23.4 Å². The second-order valence-electron chi connectivity index (χ2n) is 8.63. The van der Waals surface area contributed by atoms with Crippen molar-refractivity contribution in [2.45, 2.75) is 52.1 Å². The zero-order valence-electron chi connectivity index (χ0n) is 18.6. The summed E-state index contributed by atoms with van der Waals surface area (Å²) in [5.41, 5.74) is 3.81. The molecule has 2 aromatic rings. The third-order valence-electron chi connectivity index (χ3n) is 6.10. The van der Waals surface area contributed by atoms with E-state index in [9.17, 15) is 9.59 Å². The Morgan fingerprint density at radius 1 is 1.38 bits per heavy atom. The van der Waals surface area contributed by atoms with Crippen molar-refractivity contribution in [1.82, 2.24) is 20.2 Å². The summed E-state index contributed by atoms with van der Waals surface area (Å²) >= 11 is 0. The molecule has 1 unspecified atom stereocenters. The fourth-order valence-electron chi connectivity index (χ4n) is 3.89. The average molecular weight is 439 g/mol. The first kappa shape index (κ1) is 22.2. The zero-order chi connectivity index (χ0) is 22.7. The Labute approximate surface area is 188 Å². The smallest absolute Gasteiger partial charge is 0.255 e. The Kier molecular flexibility index (Phi) is 6.69. The minimum Gasteiger partial charge on any atom is -0.491 e. The first-order valence-electron chi connectivity index (χ1n) is 11.2. The number of carbonyl (C=O) groups excluding carboxylic acids is 2. The van der Waals surface area contributed by atoms with Crippen molar-refractivity contribution < 1.29 is 19.4 Å². The highest BCUT2D eigenvalue weighted by atomic mass is 16.5. The summed E-state index contributed by atoms with van der Waals surface area (Å²) in [6.45, 7) is 5.53. The molecule has 0 bridgehead atoms. The minimum absolute atomic E-state index is 0.0295. The molecule has 2 N–H and O–H groups in total. The van der Waals surface area contributed by atoms with Crippen LogP contribution in [-0.4, -0.2) is 51.5 Å². The highest BCUT2D eigenvalue weighted by Gasteiger charge is 2.34. The van der Waals surface area contributed by atoms with Crippen LogP contribution >= 0.6 is 0 Å². The molecule has 0 radical (unpaired) electrons. The molecule has 32 heavy (non-hydrogen) atoms. The molecule has 8 nitrogen and oxygen atoms in total. The lowest BCUT2D eigenvalue weighted by Gasteiger charge is -2.24. The van der Waals surface area contributed by atoms with Crippen LogP contribution in [0.3, 0.4) is 0 Å². The zero-order valence-corrected chi connectivity index (χ0v) is 18.6. The summed E-state index contributed by atoms with van der Waals surface area (Å²) < 4.78 is 5.88. The highest BCUT2D eigenvalue weighted by molar-refractivity contribution is 5.99. The molecule has 3 heterocycles. The number of pyridine rings is 2. The van der Waals surface area contributed by atoms with Gasteiger partial charge in [-0.3, -0.25) is 19.6 Å². The number of hydrogen-bond acceptors (Lipinski definition) is 6. The van der Waals surface area contributed by atoms with Crippen LogP contribution in [0.15, 0.2) is 24.5 Å². The Morgan fingerprint density at radius 2 is 2.19 bits per heavy atom. The van der Waals surface area contributed by atoms with Gasteiger partial charge >= 0.3 is 0 Å². The molecule has 0 aromatic carbocycles. The molecule has 8 heteroatoms. The van der Waals surface area contributed by atoms with Crippen LogP contribution < -0.4 is 10.1 Å². The topological polar surface area (TPSA) is 105 Å². The van der Waals surface area contributed by atoms with Crippen LogP contribution in [0.1, 0.15) is 65.1 Å². The highest BCUT2D eigenvalue weighted by Crippen LogP contribution is 2.34. The van der Waals surface area contributed by atoms with E-state index in [-0.39, 0.29) is 30.9 Å². The number of aromatic nitrogens is 2. The lowest BCUT2D eigenvalue weighted by atomic mass is 10.1. The van der Waals surface area contributed by atoms with Gasteiger partial charge in [-0.1, -0.05) is 0 Å². The van der Waals surface area contributed by atoms with Gasteiger partial charge in [0.2, 0.25) is 5.91 Å². The Balaban J connectivity index is 1.45. The van der Waals surface area contributed by atoms with Crippen molar-refractivity contribution in [2.24, 2.45) is 5.92 Å². The van der Waals surface area contributed by atoms with E-state index in [0.717, 1.165) is 29.2 Å². The summed E-state index contributed by atoms with van der Waals surface area (Å²) in [6.07, 6.45) is 6.42. The minimum atomic E-state index is -0.225. The lowest BCUT2D eigenvalue weighted by molar-refractivity contribution is -0.120. The first-order valence-corrected chi connectivity index (χ1v) is 11.2. The van der Waals surface area contributed by atoms with Gasteiger partial charge in [0.15, 0.2) is 0 Å². The fraction of sp³-hybridized carbons (Fsp3) is 0.500. The Bertz CT molecular complexity index is 1010. The lowest BCUT2D eigenvalue weighted by Crippen LogP contribution is -2.28. The fourth-order valence-corrected chi connectivity index (χ4v) is 3.89. The van der Waals surface area contributed by atoms with E-state index in [4.69, 9.17) is 9.84 Å². The molecule has 170 valence electrons. The molecule has 2 aliphatic rings. The van der Waals surface area contributed by atoms with Gasteiger partial charge in [0.05, 0.1) is 36.7 Å². The van der Waals surface area contributed by atoms with Crippen molar-refractivity contribution in [3.63, 3.8) is 0 Å². The van der Waals surface area contributed by atoms with E-state index in [2.05, 4.69) is 15.3 Å². The van der Waals surface area contributed by atoms with Crippen molar-refractivity contribution in [1.29, 1.82) is 0 Å². The predicted octanol–water partition coefficient (Wildman–Crippen LogP) is 2.33.